The first-order valence-corrected chi connectivity index (χ1v) is 8.42. The third-order valence-corrected chi connectivity index (χ3v) is 5.28. The van der Waals surface area contributed by atoms with Gasteiger partial charge in [0.2, 0.25) is 0 Å². The molecule has 19 heavy (non-hydrogen) atoms. The number of benzene rings is 1. The molecular weight excluding hydrogens is 289 g/mol. The lowest BCUT2D eigenvalue weighted by atomic mass is 10.2. The topological polar surface area (TPSA) is 55.8 Å². The van der Waals surface area contributed by atoms with Crippen LogP contribution in [0.5, 0.6) is 5.75 Å². The zero-order valence-electron chi connectivity index (χ0n) is 10.5. The van der Waals surface area contributed by atoms with Crippen LogP contribution < -0.4 is 4.52 Å². The molecule has 0 aromatic heterocycles. The van der Waals surface area contributed by atoms with E-state index in [0.29, 0.717) is 18.7 Å². The van der Waals surface area contributed by atoms with Crippen LogP contribution in [0.4, 0.5) is 0 Å². The molecule has 7 heteroatoms. The van der Waals surface area contributed by atoms with Crippen molar-refractivity contribution >= 4 is 24.1 Å². The molecule has 104 valence electrons. The summed E-state index contributed by atoms with van der Waals surface area (Å²) in [5.74, 6) is -0.0219. The minimum atomic E-state index is -3.58. The van der Waals surface area contributed by atoms with Gasteiger partial charge in [-0.15, -0.1) is 0 Å². The van der Waals surface area contributed by atoms with Gasteiger partial charge in [0, 0.05) is 17.8 Å². The normalized spacial score (nSPS) is 22.7. The first-order valence-electron chi connectivity index (χ1n) is 5.94. The van der Waals surface area contributed by atoms with E-state index in [4.69, 9.17) is 20.5 Å². The van der Waals surface area contributed by atoms with E-state index in [2.05, 4.69) is 0 Å². The standard InChI is InChI=1S/C12H15ClNO4P/c1-17-12(15)11-8-5-9-14(11)19(13,16)18-10-6-3-2-4-7-10/h2-4,6-7,11H,5,8-9H2,1H3/t11-,19?/m0/s1. The Morgan fingerprint density at radius 2 is 2.11 bits per heavy atom. The van der Waals surface area contributed by atoms with E-state index in [1.165, 1.54) is 11.8 Å². The van der Waals surface area contributed by atoms with Crippen LogP contribution in [0.15, 0.2) is 30.3 Å². The molecule has 0 N–H and O–H groups in total. The van der Waals surface area contributed by atoms with E-state index in [9.17, 15) is 9.36 Å². The SMILES string of the molecule is COC(=O)[C@@H]1CCCN1P(=O)(Cl)Oc1ccccc1. The summed E-state index contributed by atoms with van der Waals surface area (Å²) in [7, 11) is 1.30. The van der Waals surface area contributed by atoms with Gasteiger partial charge in [-0.25, -0.2) is 4.57 Å². The largest absolute Gasteiger partial charge is 0.468 e. The molecule has 1 aliphatic rings. The van der Waals surface area contributed by atoms with Crippen molar-refractivity contribution in [2.24, 2.45) is 0 Å². The first-order chi connectivity index (χ1) is 9.04. The highest BCUT2D eigenvalue weighted by Crippen LogP contribution is 2.58. The lowest BCUT2D eigenvalue weighted by Gasteiger charge is -2.26. The van der Waals surface area contributed by atoms with Gasteiger partial charge in [-0.2, -0.15) is 4.67 Å². The first kappa shape index (κ1) is 14.4. The lowest BCUT2D eigenvalue weighted by molar-refractivity contribution is -0.144. The monoisotopic (exact) mass is 303 g/mol. The van der Waals surface area contributed by atoms with Gasteiger partial charge in [0.1, 0.15) is 11.8 Å². The summed E-state index contributed by atoms with van der Waals surface area (Å²) in [5.41, 5.74) is 0. The number of ether oxygens (including phenoxy) is 1. The number of rotatable bonds is 4. The van der Waals surface area contributed by atoms with E-state index in [0.717, 1.165) is 6.42 Å². The highest BCUT2D eigenvalue weighted by atomic mass is 35.7. The molecule has 1 aromatic carbocycles. The zero-order valence-corrected chi connectivity index (χ0v) is 12.1. The van der Waals surface area contributed by atoms with Gasteiger partial charge in [-0.3, -0.25) is 4.79 Å². The van der Waals surface area contributed by atoms with Crippen molar-refractivity contribution in [1.82, 2.24) is 4.67 Å². The maximum atomic E-state index is 12.5. The van der Waals surface area contributed by atoms with Crippen molar-refractivity contribution in [1.29, 1.82) is 0 Å². The molecule has 1 saturated heterocycles. The minimum Gasteiger partial charge on any atom is -0.468 e. The van der Waals surface area contributed by atoms with Crippen LogP contribution >= 0.6 is 18.1 Å². The van der Waals surface area contributed by atoms with Crippen LogP contribution in [0, 0.1) is 0 Å². The molecule has 2 atom stereocenters. The Labute approximate surface area is 116 Å². The number of hydrogen-bond donors (Lipinski definition) is 0. The third-order valence-electron chi connectivity index (χ3n) is 2.97. The Hall–Kier alpha value is -1.03. The summed E-state index contributed by atoms with van der Waals surface area (Å²) >= 11 is 6.02. The number of carbonyl (C=O) groups excluding carboxylic acids is 1. The highest BCUT2D eigenvalue weighted by Gasteiger charge is 2.43. The smallest absolute Gasteiger partial charge is 0.412 e. The molecule has 0 spiro atoms. The molecule has 0 saturated carbocycles. The van der Waals surface area contributed by atoms with Crippen molar-refractivity contribution in [3.8, 4) is 5.75 Å². The van der Waals surface area contributed by atoms with Crippen LogP contribution in [-0.4, -0.2) is 30.3 Å². The second-order valence-corrected chi connectivity index (χ2v) is 7.08. The molecule has 0 amide bonds. The molecule has 0 bridgehead atoms. The van der Waals surface area contributed by atoms with Crippen molar-refractivity contribution in [3.63, 3.8) is 0 Å². The molecule has 2 rings (SSSR count). The second-order valence-electron chi connectivity index (χ2n) is 4.20. The van der Waals surface area contributed by atoms with Crippen molar-refractivity contribution in [2.75, 3.05) is 13.7 Å². The number of hydrogen-bond acceptors (Lipinski definition) is 4. The Balaban J connectivity index is 2.15. The van der Waals surface area contributed by atoms with E-state index in [1.54, 1.807) is 24.3 Å². The fourth-order valence-corrected chi connectivity index (χ4v) is 4.27. The van der Waals surface area contributed by atoms with E-state index < -0.39 is 18.9 Å². The van der Waals surface area contributed by atoms with Crippen LogP contribution in [0.2, 0.25) is 0 Å². The van der Waals surface area contributed by atoms with Crippen molar-refractivity contribution < 1.29 is 18.6 Å². The van der Waals surface area contributed by atoms with Gasteiger partial charge in [0.25, 0.3) is 0 Å². The Kier molecular flexibility index (Phi) is 4.50. The Bertz CT molecular complexity index is 496. The fourth-order valence-electron chi connectivity index (χ4n) is 2.08. The van der Waals surface area contributed by atoms with E-state index in [-0.39, 0.29) is 0 Å². The van der Waals surface area contributed by atoms with E-state index >= 15 is 0 Å². The summed E-state index contributed by atoms with van der Waals surface area (Å²) in [6.07, 6.45) is 1.30. The van der Waals surface area contributed by atoms with Crippen LogP contribution in [0.3, 0.4) is 0 Å². The van der Waals surface area contributed by atoms with Gasteiger partial charge in [-0.1, -0.05) is 18.2 Å². The van der Waals surface area contributed by atoms with E-state index in [1.807, 2.05) is 6.07 Å². The summed E-state index contributed by atoms with van der Waals surface area (Å²) in [6.45, 7) is -3.13. The summed E-state index contributed by atoms with van der Waals surface area (Å²) in [6, 6.07) is 8.06. The summed E-state index contributed by atoms with van der Waals surface area (Å²) < 4.78 is 23.9. The molecule has 1 heterocycles. The number of esters is 1. The molecule has 1 aliphatic heterocycles. The fraction of sp³-hybridized carbons (Fsp3) is 0.417. The van der Waals surface area contributed by atoms with Gasteiger partial charge >= 0.3 is 12.8 Å². The second kappa shape index (κ2) is 5.95. The van der Waals surface area contributed by atoms with Crippen molar-refractivity contribution in [3.05, 3.63) is 30.3 Å². The molecular formula is C12H15ClNO4P. The average molecular weight is 304 g/mol. The molecule has 5 nitrogen and oxygen atoms in total. The Morgan fingerprint density at radius 3 is 2.74 bits per heavy atom. The third kappa shape index (κ3) is 3.30. The number of carbonyl (C=O) groups is 1. The van der Waals surface area contributed by atoms with Crippen LogP contribution in [0.1, 0.15) is 12.8 Å². The average Bonchev–Trinajstić information content (AvgIpc) is 2.88. The number of methoxy groups -OCH3 is 1. The quantitative estimate of drug-likeness (QED) is 0.632. The zero-order chi connectivity index (χ0) is 13.9. The Morgan fingerprint density at radius 1 is 1.42 bits per heavy atom. The van der Waals surface area contributed by atoms with Gasteiger partial charge in [0.15, 0.2) is 0 Å². The molecule has 1 aromatic rings. The predicted octanol–water partition coefficient (Wildman–Crippen LogP) is 3.05. The highest BCUT2D eigenvalue weighted by molar-refractivity contribution is 7.83. The molecule has 0 radical (unpaired) electrons. The predicted molar refractivity (Wildman–Crippen MR) is 72.3 cm³/mol. The van der Waals surface area contributed by atoms with Gasteiger partial charge < -0.3 is 9.26 Å². The van der Waals surface area contributed by atoms with Crippen molar-refractivity contribution in [2.45, 2.75) is 18.9 Å². The summed E-state index contributed by atoms with van der Waals surface area (Å²) in [5, 5.41) is 0. The molecule has 0 aliphatic carbocycles. The van der Waals surface area contributed by atoms with Crippen LogP contribution in [-0.2, 0) is 14.1 Å². The number of nitrogens with zero attached hydrogens (tertiary/aromatic N) is 1. The molecule has 1 fully saturated rings. The van der Waals surface area contributed by atoms with Gasteiger partial charge in [0.05, 0.1) is 7.11 Å². The minimum absolute atomic E-state index is 0.413. The maximum Gasteiger partial charge on any atom is 0.412 e. The van der Waals surface area contributed by atoms with Crippen LogP contribution in [0.25, 0.3) is 0 Å². The molecule has 1 unspecified atom stereocenters. The summed E-state index contributed by atoms with van der Waals surface area (Å²) in [4.78, 5) is 11.6. The lowest BCUT2D eigenvalue weighted by Crippen LogP contribution is -2.34. The van der Waals surface area contributed by atoms with Gasteiger partial charge in [-0.05, 0) is 25.0 Å². The maximum absolute atomic E-state index is 12.5. The number of para-hydroxylation sites is 1. The number of halogens is 1.